The van der Waals surface area contributed by atoms with Crippen molar-refractivity contribution in [2.75, 3.05) is 24.6 Å². The molecule has 1 atom stereocenters. The van der Waals surface area contributed by atoms with Gasteiger partial charge in [-0.2, -0.15) is 0 Å². The van der Waals surface area contributed by atoms with Crippen LogP contribution in [-0.2, 0) is 4.74 Å². The van der Waals surface area contributed by atoms with Crippen molar-refractivity contribution in [1.82, 2.24) is 15.0 Å². The number of hydrogen-bond donors (Lipinski definition) is 1. The number of rotatable bonds is 5. The minimum absolute atomic E-state index is 0.175. The van der Waals surface area contributed by atoms with Crippen molar-refractivity contribution < 1.29 is 14.6 Å². The summed E-state index contributed by atoms with van der Waals surface area (Å²) >= 11 is 0. The SMILES string of the molecule is CC(C)CC1CN(c2nccc(-c3cc(C(=O)O)ccn3)n2)CCO1. The molecular formula is C18H22N4O3. The second-order valence-corrected chi connectivity index (χ2v) is 6.55. The van der Waals surface area contributed by atoms with Gasteiger partial charge >= 0.3 is 5.97 Å². The summed E-state index contributed by atoms with van der Waals surface area (Å²) in [7, 11) is 0. The van der Waals surface area contributed by atoms with E-state index >= 15 is 0 Å². The summed E-state index contributed by atoms with van der Waals surface area (Å²) in [6.45, 7) is 6.50. The second kappa shape index (κ2) is 7.57. The third-order valence-electron chi connectivity index (χ3n) is 4.07. The molecule has 25 heavy (non-hydrogen) atoms. The molecule has 1 aliphatic rings. The van der Waals surface area contributed by atoms with Crippen molar-refractivity contribution in [3.05, 3.63) is 36.2 Å². The predicted octanol–water partition coefficient (Wildman–Crippen LogP) is 2.49. The van der Waals surface area contributed by atoms with Crippen LogP contribution in [0.1, 0.15) is 30.6 Å². The zero-order chi connectivity index (χ0) is 17.8. The molecule has 0 amide bonds. The summed E-state index contributed by atoms with van der Waals surface area (Å²) in [5, 5.41) is 9.13. The van der Waals surface area contributed by atoms with Gasteiger partial charge in [0.1, 0.15) is 0 Å². The van der Waals surface area contributed by atoms with Crippen LogP contribution in [0.25, 0.3) is 11.4 Å². The lowest BCUT2D eigenvalue weighted by Gasteiger charge is -2.33. The summed E-state index contributed by atoms with van der Waals surface area (Å²) in [6, 6.07) is 4.73. The van der Waals surface area contributed by atoms with Gasteiger partial charge in [0.15, 0.2) is 0 Å². The van der Waals surface area contributed by atoms with Gasteiger partial charge in [0, 0.05) is 25.5 Å². The number of pyridine rings is 1. The summed E-state index contributed by atoms with van der Waals surface area (Å²) < 4.78 is 5.82. The molecule has 2 aromatic heterocycles. The number of nitrogens with zero attached hydrogens (tertiary/aromatic N) is 4. The van der Waals surface area contributed by atoms with Crippen LogP contribution in [0.15, 0.2) is 30.6 Å². The molecule has 7 nitrogen and oxygen atoms in total. The Morgan fingerprint density at radius 1 is 1.32 bits per heavy atom. The van der Waals surface area contributed by atoms with Gasteiger partial charge in [-0.15, -0.1) is 0 Å². The fourth-order valence-corrected chi connectivity index (χ4v) is 2.92. The Morgan fingerprint density at radius 2 is 2.12 bits per heavy atom. The first-order chi connectivity index (χ1) is 12.0. The van der Waals surface area contributed by atoms with Crippen LogP contribution in [0.4, 0.5) is 5.95 Å². The van der Waals surface area contributed by atoms with Gasteiger partial charge in [-0.1, -0.05) is 13.8 Å². The van der Waals surface area contributed by atoms with Gasteiger partial charge < -0.3 is 14.7 Å². The first kappa shape index (κ1) is 17.3. The predicted molar refractivity (Wildman–Crippen MR) is 93.6 cm³/mol. The number of carboxylic acids is 1. The van der Waals surface area contributed by atoms with Gasteiger partial charge in [-0.05, 0) is 30.5 Å². The van der Waals surface area contributed by atoms with Crippen LogP contribution in [0.2, 0.25) is 0 Å². The molecule has 1 aliphatic heterocycles. The second-order valence-electron chi connectivity index (χ2n) is 6.55. The van der Waals surface area contributed by atoms with Crippen LogP contribution in [0.5, 0.6) is 0 Å². The molecule has 0 saturated carbocycles. The van der Waals surface area contributed by atoms with Gasteiger partial charge in [-0.25, -0.2) is 14.8 Å². The Balaban J connectivity index is 1.82. The molecule has 1 saturated heterocycles. The van der Waals surface area contributed by atoms with E-state index in [-0.39, 0.29) is 11.7 Å². The average molecular weight is 342 g/mol. The maximum absolute atomic E-state index is 11.1. The van der Waals surface area contributed by atoms with Gasteiger partial charge in [0.05, 0.1) is 29.7 Å². The number of aromatic nitrogens is 3. The van der Waals surface area contributed by atoms with Crippen LogP contribution in [0.3, 0.4) is 0 Å². The van der Waals surface area contributed by atoms with Crippen molar-refractivity contribution in [2.45, 2.75) is 26.4 Å². The summed E-state index contributed by atoms with van der Waals surface area (Å²) in [6.07, 6.45) is 4.33. The number of morpholine rings is 1. The first-order valence-corrected chi connectivity index (χ1v) is 8.42. The summed E-state index contributed by atoms with van der Waals surface area (Å²) in [5.41, 5.74) is 1.32. The molecule has 1 unspecified atom stereocenters. The highest BCUT2D eigenvalue weighted by molar-refractivity contribution is 5.88. The topological polar surface area (TPSA) is 88.4 Å². The number of carboxylic acid groups (broad SMARTS) is 1. The van der Waals surface area contributed by atoms with E-state index in [1.165, 1.54) is 18.3 Å². The molecular weight excluding hydrogens is 320 g/mol. The van der Waals surface area contributed by atoms with Gasteiger partial charge in [0.25, 0.3) is 0 Å². The molecule has 0 spiro atoms. The zero-order valence-corrected chi connectivity index (χ0v) is 14.4. The molecule has 1 N–H and O–H groups in total. The molecule has 0 bridgehead atoms. The third kappa shape index (κ3) is 4.30. The molecule has 3 rings (SSSR count). The lowest BCUT2D eigenvalue weighted by Crippen LogP contribution is -2.43. The largest absolute Gasteiger partial charge is 0.478 e. The number of carbonyl (C=O) groups is 1. The summed E-state index contributed by atoms with van der Waals surface area (Å²) in [4.78, 5) is 26.4. The first-order valence-electron chi connectivity index (χ1n) is 8.42. The Bertz CT molecular complexity index is 751. The fourth-order valence-electron chi connectivity index (χ4n) is 2.92. The maximum atomic E-state index is 11.1. The van der Waals surface area contributed by atoms with Crippen LogP contribution < -0.4 is 4.90 Å². The normalized spacial score (nSPS) is 17.7. The van der Waals surface area contributed by atoms with Crippen LogP contribution in [-0.4, -0.2) is 51.8 Å². The third-order valence-corrected chi connectivity index (χ3v) is 4.07. The van der Waals surface area contributed by atoms with Crippen LogP contribution in [0, 0.1) is 5.92 Å². The van der Waals surface area contributed by atoms with E-state index in [0.717, 1.165) is 19.5 Å². The highest BCUT2D eigenvalue weighted by Crippen LogP contribution is 2.21. The molecule has 0 aliphatic carbocycles. The van der Waals surface area contributed by atoms with Crippen molar-refractivity contribution in [2.24, 2.45) is 5.92 Å². The van der Waals surface area contributed by atoms with E-state index in [9.17, 15) is 4.79 Å². The molecule has 2 aromatic rings. The smallest absolute Gasteiger partial charge is 0.335 e. The number of hydrogen-bond acceptors (Lipinski definition) is 6. The Labute approximate surface area is 146 Å². The monoisotopic (exact) mass is 342 g/mol. The van der Waals surface area contributed by atoms with E-state index in [4.69, 9.17) is 9.84 Å². The maximum Gasteiger partial charge on any atom is 0.335 e. The fraction of sp³-hybridized carbons (Fsp3) is 0.444. The minimum atomic E-state index is -0.984. The quantitative estimate of drug-likeness (QED) is 0.893. The number of ether oxygens (including phenoxy) is 1. The zero-order valence-electron chi connectivity index (χ0n) is 14.4. The Morgan fingerprint density at radius 3 is 2.88 bits per heavy atom. The van der Waals surface area contributed by atoms with E-state index in [0.29, 0.717) is 29.9 Å². The van der Waals surface area contributed by atoms with Crippen molar-refractivity contribution in [1.29, 1.82) is 0 Å². The van der Waals surface area contributed by atoms with Crippen molar-refractivity contribution >= 4 is 11.9 Å². The number of aromatic carboxylic acids is 1. The standard InChI is InChI=1S/C18H22N4O3/c1-12(2)9-14-11-22(7-8-25-14)18-20-6-4-15(21-18)16-10-13(17(23)24)3-5-19-16/h3-6,10,12,14H,7-9,11H2,1-2H3,(H,23,24). The van der Waals surface area contributed by atoms with Crippen molar-refractivity contribution in [3.8, 4) is 11.4 Å². The lowest BCUT2D eigenvalue weighted by molar-refractivity contribution is 0.0270. The Kier molecular flexibility index (Phi) is 5.23. The lowest BCUT2D eigenvalue weighted by atomic mass is 10.0. The minimum Gasteiger partial charge on any atom is -0.478 e. The van der Waals surface area contributed by atoms with E-state index in [1.54, 1.807) is 12.3 Å². The van der Waals surface area contributed by atoms with E-state index in [1.807, 2.05) is 0 Å². The Hall–Kier alpha value is -2.54. The van der Waals surface area contributed by atoms with Gasteiger partial charge in [-0.3, -0.25) is 4.98 Å². The van der Waals surface area contributed by atoms with E-state index < -0.39 is 5.97 Å². The molecule has 7 heteroatoms. The molecule has 132 valence electrons. The highest BCUT2D eigenvalue weighted by Gasteiger charge is 2.23. The van der Waals surface area contributed by atoms with E-state index in [2.05, 4.69) is 33.7 Å². The highest BCUT2D eigenvalue weighted by atomic mass is 16.5. The van der Waals surface area contributed by atoms with Crippen LogP contribution >= 0.6 is 0 Å². The average Bonchev–Trinajstić information content (AvgIpc) is 2.61. The number of anilines is 1. The molecule has 3 heterocycles. The molecule has 0 radical (unpaired) electrons. The summed E-state index contributed by atoms with van der Waals surface area (Å²) in [5.74, 6) is 0.208. The molecule has 0 aromatic carbocycles. The van der Waals surface area contributed by atoms with Gasteiger partial charge in [0.2, 0.25) is 5.95 Å². The van der Waals surface area contributed by atoms with Crippen molar-refractivity contribution in [3.63, 3.8) is 0 Å². The molecule has 1 fully saturated rings.